The fourth-order valence-corrected chi connectivity index (χ4v) is 5.90. The van der Waals surface area contributed by atoms with Gasteiger partial charge in [0.25, 0.3) is 5.79 Å². The van der Waals surface area contributed by atoms with E-state index in [0.29, 0.717) is 12.0 Å². The van der Waals surface area contributed by atoms with Crippen molar-refractivity contribution in [2.45, 2.75) is 76.8 Å². The summed E-state index contributed by atoms with van der Waals surface area (Å²) in [7, 11) is 0. The Hall–Kier alpha value is -3.42. The molecule has 5 rings (SSSR count). The van der Waals surface area contributed by atoms with Crippen molar-refractivity contribution in [3.63, 3.8) is 0 Å². The van der Waals surface area contributed by atoms with Gasteiger partial charge in [-0.15, -0.1) is 0 Å². The van der Waals surface area contributed by atoms with Crippen molar-refractivity contribution in [2.24, 2.45) is 5.92 Å². The molecule has 0 radical (unpaired) electrons. The van der Waals surface area contributed by atoms with Crippen LogP contribution < -0.4 is 0 Å². The van der Waals surface area contributed by atoms with E-state index in [0.717, 1.165) is 22.3 Å². The van der Waals surface area contributed by atoms with E-state index < -0.39 is 30.0 Å². The largest absolute Gasteiger partial charge is 0.370 e. The van der Waals surface area contributed by atoms with Gasteiger partial charge in [0.15, 0.2) is 0 Å². The standard InChI is InChI=1S/C37H40F2O4/c1-4-33-27(3)34(41-24-29-13-7-5-8-14-29)35(42-25-30-15-9-6-10-16-30)37(40,43-33)36(38,39)32-18-12-11-17-31(32)23-28-21-19-26(2)20-22-28/h5-22,27,33-35,40H,4,23-25H2,1-3H3/t27-,33-,34+,35-,37-/m1/s1. The Morgan fingerprint density at radius 2 is 1.33 bits per heavy atom. The molecule has 5 atom stereocenters. The topological polar surface area (TPSA) is 47.9 Å². The van der Waals surface area contributed by atoms with Gasteiger partial charge in [-0.1, -0.05) is 129 Å². The fraction of sp³-hybridized carbons (Fsp3) is 0.351. The number of alkyl halides is 2. The van der Waals surface area contributed by atoms with Crippen molar-refractivity contribution in [2.75, 3.05) is 0 Å². The smallest absolute Gasteiger partial charge is 0.328 e. The summed E-state index contributed by atoms with van der Waals surface area (Å²) in [5.41, 5.74) is 3.79. The summed E-state index contributed by atoms with van der Waals surface area (Å²) in [6.45, 7) is 5.95. The van der Waals surface area contributed by atoms with Crippen LogP contribution in [0.25, 0.3) is 0 Å². The van der Waals surface area contributed by atoms with Crippen molar-refractivity contribution in [3.05, 3.63) is 143 Å². The zero-order valence-corrected chi connectivity index (χ0v) is 25.0. The number of aliphatic hydroxyl groups is 1. The predicted molar refractivity (Wildman–Crippen MR) is 164 cm³/mol. The average Bonchev–Trinajstić information content (AvgIpc) is 3.03. The Kier molecular flexibility index (Phi) is 9.72. The first-order valence-corrected chi connectivity index (χ1v) is 15.0. The Labute approximate surface area is 253 Å². The van der Waals surface area contributed by atoms with Crippen LogP contribution in [-0.4, -0.2) is 29.2 Å². The number of halogens is 2. The van der Waals surface area contributed by atoms with Gasteiger partial charge in [-0.05, 0) is 42.0 Å². The summed E-state index contributed by atoms with van der Waals surface area (Å²) < 4.78 is 52.9. The second-order valence-electron chi connectivity index (χ2n) is 11.5. The third-order valence-corrected chi connectivity index (χ3v) is 8.40. The molecule has 0 amide bonds. The van der Waals surface area contributed by atoms with Crippen molar-refractivity contribution in [1.82, 2.24) is 0 Å². The second-order valence-corrected chi connectivity index (χ2v) is 11.5. The van der Waals surface area contributed by atoms with Crippen LogP contribution in [0.15, 0.2) is 109 Å². The Bertz CT molecular complexity index is 1440. The van der Waals surface area contributed by atoms with E-state index in [1.165, 1.54) is 6.07 Å². The van der Waals surface area contributed by atoms with Crippen molar-refractivity contribution < 1.29 is 28.1 Å². The maximum Gasteiger partial charge on any atom is 0.328 e. The molecule has 0 aromatic heterocycles. The lowest BCUT2D eigenvalue weighted by atomic mass is 9.80. The molecular weight excluding hydrogens is 546 g/mol. The number of rotatable bonds is 11. The van der Waals surface area contributed by atoms with Gasteiger partial charge < -0.3 is 19.3 Å². The highest BCUT2D eigenvalue weighted by Crippen LogP contribution is 2.50. The number of hydrogen-bond acceptors (Lipinski definition) is 4. The molecule has 0 aliphatic carbocycles. The first-order chi connectivity index (χ1) is 20.7. The molecule has 0 unspecified atom stereocenters. The van der Waals surface area contributed by atoms with E-state index in [4.69, 9.17) is 14.2 Å². The summed E-state index contributed by atoms with van der Waals surface area (Å²) in [6.07, 6.45) is -2.35. The fourth-order valence-electron chi connectivity index (χ4n) is 5.90. The Morgan fingerprint density at radius 1 is 0.767 bits per heavy atom. The zero-order valence-electron chi connectivity index (χ0n) is 25.0. The van der Waals surface area contributed by atoms with Crippen LogP contribution in [0, 0.1) is 12.8 Å². The van der Waals surface area contributed by atoms with Crippen LogP contribution in [0.3, 0.4) is 0 Å². The van der Waals surface area contributed by atoms with E-state index in [9.17, 15) is 5.11 Å². The minimum Gasteiger partial charge on any atom is -0.370 e. The van der Waals surface area contributed by atoms with E-state index in [1.54, 1.807) is 18.2 Å². The monoisotopic (exact) mass is 586 g/mol. The third-order valence-electron chi connectivity index (χ3n) is 8.40. The summed E-state index contributed by atoms with van der Waals surface area (Å²) in [4.78, 5) is 0. The number of hydrogen-bond donors (Lipinski definition) is 1. The van der Waals surface area contributed by atoms with E-state index in [2.05, 4.69) is 0 Å². The molecule has 4 aromatic carbocycles. The zero-order chi connectivity index (χ0) is 30.5. The third kappa shape index (κ3) is 6.73. The minimum absolute atomic E-state index is 0.00692. The van der Waals surface area contributed by atoms with Crippen LogP contribution in [0.5, 0.6) is 0 Å². The quantitative estimate of drug-likeness (QED) is 0.194. The Balaban J connectivity index is 1.55. The van der Waals surface area contributed by atoms with Crippen LogP contribution in [-0.2, 0) is 39.8 Å². The van der Waals surface area contributed by atoms with Gasteiger partial charge in [0.2, 0.25) is 0 Å². The number of aryl methyl sites for hydroxylation is 1. The molecule has 0 saturated carbocycles. The molecule has 0 spiro atoms. The van der Waals surface area contributed by atoms with Gasteiger partial charge in [0, 0.05) is 11.5 Å². The summed E-state index contributed by atoms with van der Waals surface area (Å²) in [6, 6.07) is 33.0. The SMILES string of the molecule is CC[C@H]1O[C@@](O)(C(F)(F)c2ccccc2Cc2ccc(C)cc2)[C@H](OCc2ccccc2)[C@@H](OCc2ccccc2)[C@@H]1C. The molecule has 226 valence electrons. The average molecular weight is 587 g/mol. The van der Waals surface area contributed by atoms with Crippen molar-refractivity contribution in [1.29, 1.82) is 0 Å². The summed E-state index contributed by atoms with van der Waals surface area (Å²) in [5.74, 6) is -7.16. The molecule has 0 bridgehead atoms. The molecule has 4 nitrogen and oxygen atoms in total. The van der Waals surface area contributed by atoms with Crippen LogP contribution in [0.4, 0.5) is 8.78 Å². The van der Waals surface area contributed by atoms with E-state index in [-0.39, 0.29) is 31.1 Å². The van der Waals surface area contributed by atoms with Gasteiger partial charge in [-0.2, -0.15) is 8.78 Å². The highest BCUT2D eigenvalue weighted by atomic mass is 19.3. The van der Waals surface area contributed by atoms with Gasteiger partial charge in [-0.3, -0.25) is 0 Å². The van der Waals surface area contributed by atoms with Crippen molar-refractivity contribution >= 4 is 0 Å². The molecule has 4 aromatic rings. The lowest BCUT2D eigenvalue weighted by Gasteiger charge is -2.52. The molecule has 1 saturated heterocycles. The van der Waals surface area contributed by atoms with Gasteiger partial charge >= 0.3 is 5.92 Å². The highest BCUT2D eigenvalue weighted by molar-refractivity contribution is 5.38. The van der Waals surface area contributed by atoms with Gasteiger partial charge in [-0.25, -0.2) is 0 Å². The predicted octanol–water partition coefficient (Wildman–Crippen LogP) is 7.98. The molecule has 1 N–H and O–H groups in total. The van der Waals surface area contributed by atoms with Crippen LogP contribution in [0.2, 0.25) is 0 Å². The normalized spacial score (nSPS) is 24.1. The minimum atomic E-state index is -3.84. The maximum atomic E-state index is 17.1. The molecule has 43 heavy (non-hydrogen) atoms. The summed E-state index contributed by atoms with van der Waals surface area (Å²) >= 11 is 0. The molecule has 1 fully saturated rings. The Morgan fingerprint density at radius 3 is 1.93 bits per heavy atom. The second kappa shape index (κ2) is 13.5. The highest BCUT2D eigenvalue weighted by Gasteiger charge is 2.67. The van der Waals surface area contributed by atoms with Gasteiger partial charge in [0.05, 0.1) is 25.4 Å². The first kappa shape index (κ1) is 31.0. The lowest BCUT2D eigenvalue weighted by molar-refractivity contribution is -0.419. The molecule has 1 heterocycles. The molecule has 1 aliphatic rings. The van der Waals surface area contributed by atoms with E-state index in [1.807, 2.05) is 106 Å². The maximum absolute atomic E-state index is 17.1. The van der Waals surface area contributed by atoms with E-state index >= 15 is 8.78 Å². The van der Waals surface area contributed by atoms with Crippen LogP contribution in [0.1, 0.15) is 53.6 Å². The van der Waals surface area contributed by atoms with Crippen molar-refractivity contribution in [3.8, 4) is 0 Å². The molecule has 1 aliphatic heterocycles. The summed E-state index contributed by atoms with van der Waals surface area (Å²) in [5, 5.41) is 12.2. The molecule has 6 heteroatoms. The van der Waals surface area contributed by atoms with Crippen LogP contribution >= 0.6 is 0 Å². The number of ether oxygens (including phenoxy) is 3. The van der Waals surface area contributed by atoms with Gasteiger partial charge in [0.1, 0.15) is 6.10 Å². The first-order valence-electron chi connectivity index (χ1n) is 15.0. The number of benzene rings is 4. The lowest BCUT2D eigenvalue weighted by Crippen LogP contribution is -2.69. The molecular formula is C37H40F2O4.